The normalized spacial score (nSPS) is 17.7. The molecule has 2 rings (SSSR count). The Kier molecular flexibility index (Phi) is 6.07. The van der Waals surface area contributed by atoms with Crippen LogP contribution in [0.25, 0.3) is 0 Å². The SMILES string of the molecule is COc1ccc(OCC(O)CNN2CCOCC2)cc1. The Morgan fingerprint density at radius 1 is 1.25 bits per heavy atom. The van der Waals surface area contributed by atoms with Crippen LogP contribution in [-0.2, 0) is 4.74 Å². The molecule has 1 saturated heterocycles. The summed E-state index contributed by atoms with van der Waals surface area (Å²) in [5.41, 5.74) is 3.18. The summed E-state index contributed by atoms with van der Waals surface area (Å²) in [5, 5.41) is 11.9. The number of benzene rings is 1. The first-order valence-electron chi connectivity index (χ1n) is 6.79. The molecule has 0 amide bonds. The number of aliphatic hydroxyl groups is 1. The third-order valence-corrected chi connectivity index (χ3v) is 3.06. The summed E-state index contributed by atoms with van der Waals surface area (Å²) in [6, 6.07) is 7.29. The summed E-state index contributed by atoms with van der Waals surface area (Å²) in [7, 11) is 1.62. The molecule has 1 fully saturated rings. The third kappa shape index (κ3) is 4.97. The van der Waals surface area contributed by atoms with Crippen molar-refractivity contribution in [2.24, 2.45) is 0 Å². The van der Waals surface area contributed by atoms with E-state index in [1.165, 1.54) is 0 Å². The van der Waals surface area contributed by atoms with Gasteiger partial charge in [0.25, 0.3) is 0 Å². The number of nitrogens with zero attached hydrogens (tertiary/aromatic N) is 1. The number of rotatable bonds is 7. The Morgan fingerprint density at radius 2 is 1.90 bits per heavy atom. The Balaban J connectivity index is 1.64. The molecule has 6 nitrogen and oxygen atoms in total. The molecule has 0 spiro atoms. The third-order valence-electron chi connectivity index (χ3n) is 3.06. The number of hydrazine groups is 1. The minimum atomic E-state index is -0.556. The molecule has 0 saturated carbocycles. The summed E-state index contributed by atoms with van der Waals surface area (Å²) in [5.74, 6) is 1.50. The van der Waals surface area contributed by atoms with Gasteiger partial charge < -0.3 is 19.3 Å². The van der Waals surface area contributed by atoms with Crippen LogP contribution in [0.3, 0.4) is 0 Å². The highest BCUT2D eigenvalue weighted by molar-refractivity contribution is 5.31. The van der Waals surface area contributed by atoms with E-state index in [1.807, 2.05) is 24.3 Å². The lowest BCUT2D eigenvalue weighted by Crippen LogP contribution is -2.48. The zero-order chi connectivity index (χ0) is 14.2. The summed E-state index contributed by atoms with van der Waals surface area (Å²) >= 11 is 0. The topological polar surface area (TPSA) is 63.2 Å². The Morgan fingerprint density at radius 3 is 2.55 bits per heavy atom. The van der Waals surface area contributed by atoms with E-state index in [2.05, 4.69) is 10.4 Å². The lowest BCUT2D eigenvalue weighted by Gasteiger charge is -2.28. The highest BCUT2D eigenvalue weighted by atomic mass is 16.5. The van der Waals surface area contributed by atoms with Gasteiger partial charge in [-0.3, -0.25) is 5.43 Å². The monoisotopic (exact) mass is 282 g/mol. The number of hydrogen-bond acceptors (Lipinski definition) is 6. The van der Waals surface area contributed by atoms with Crippen LogP contribution in [0.2, 0.25) is 0 Å². The fourth-order valence-corrected chi connectivity index (χ4v) is 1.88. The molecule has 20 heavy (non-hydrogen) atoms. The van der Waals surface area contributed by atoms with Crippen molar-refractivity contribution >= 4 is 0 Å². The van der Waals surface area contributed by atoms with Crippen LogP contribution in [0.4, 0.5) is 0 Å². The van der Waals surface area contributed by atoms with Crippen LogP contribution in [0.5, 0.6) is 11.5 Å². The Bertz CT molecular complexity index is 379. The highest BCUT2D eigenvalue weighted by Gasteiger charge is 2.12. The van der Waals surface area contributed by atoms with Gasteiger partial charge in [-0.2, -0.15) is 0 Å². The second-order valence-corrected chi connectivity index (χ2v) is 4.60. The number of ether oxygens (including phenoxy) is 3. The molecule has 1 aliphatic heterocycles. The first-order valence-corrected chi connectivity index (χ1v) is 6.79. The van der Waals surface area contributed by atoms with Crippen LogP contribution < -0.4 is 14.9 Å². The van der Waals surface area contributed by atoms with E-state index in [9.17, 15) is 5.11 Å². The summed E-state index contributed by atoms with van der Waals surface area (Å²) < 4.78 is 15.8. The highest BCUT2D eigenvalue weighted by Crippen LogP contribution is 2.16. The molecule has 1 aromatic rings. The van der Waals surface area contributed by atoms with Crippen molar-refractivity contribution in [1.82, 2.24) is 10.4 Å². The molecule has 1 aliphatic rings. The molecule has 0 bridgehead atoms. The minimum Gasteiger partial charge on any atom is -0.497 e. The van der Waals surface area contributed by atoms with Crippen LogP contribution in [0, 0.1) is 0 Å². The molecular formula is C14H22N2O4. The quantitative estimate of drug-likeness (QED) is 0.748. The standard InChI is InChI=1S/C14H22N2O4/c1-18-13-2-4-14(5-3-13)20-11-12(17)10-15-16-6-8-19-9-7-16/h2-5,12,15,17H,6-11H2,1H3. The van der Waals surface area contributed by atoms with E-state index in [1.54, 1.807) is 7.11 Å². The second-order valence-electron chi connectivity index (χ2n) is 4.60. The maximum absolute atomic E-state index is 9.87. The number of methoxy groups -OCH3 is 1. The molecule has 1 aromatic carbocycles. The van der Waals surface area contributed by atoms with E-state index >= 15 is 0 Å². The maximum atomic E-state index is 9.87. The van der Waals surface area contributed by atoms with Gasteiger partial charge in [0.1, 0.15) is 24.2 Å². The van der Waals surface area contributed by atoms with Crippen molar-refractivity contribution in [2.45, 2.75) is 6.10 Å². The van der Waals surface area contributed by atoms with Gasteiger partial charge in [0.05, 0.1) is 20.3 Å². The molecule has 1 unspecified atom stereocenters. The summed E-state index contributed by atoms with van der Waals surface area (Å²) in [6.07, 6.45) is -0.556. The van der Waals surface area contributed by atoms with E-state index in [0.717, 1.165) is 37.8 Å². The fourth-order valence-electron chi connectivity index (χ4n) is 1.88. The predicted molar refractivity (Wildman–Crippen MR) is 74.9 cm³/mol. The van der Waals surface area contributed by atoms with Gasteiger partial charge in [0, 0.05) is 19.6 Å². The molecular weight excluding hydrogens is 260 g/mol. The van der Waals surface area contributed by atoms with Crippen molar-refractivity contribution in [3.8, 4) is 11.5 Å². The Hall–Kier alpha value is -1.34. The van der Waals surface area contributed by atoms with Gasteiger partial charge in [-0.25, -0.2) is 5.01 Å². The molecule has 112 valence electrons. The molecule has 0 radical (unpaired) electrons. The van der Waals surface area contributed by atoms with Gasteiger partial charge in [0.2, 0.25) is 0 Å². The average Bonchev–Trinajstić information content (AvgIpc) is 2.52. The van der Waals surface area contributed by atoms with Crippen LogP contribution in [0.15, 0.2) is 24.3 Å². The minimum absolute atomic E-state index is 0.254. The van der Waals surface area contributed by atoms with Crippen molar-refractivity contribution < 1.29 is 19.3 Å². The zero-order valence-corrected chi connectivity index (χ0v) is 11.7. The van der Waals surface area contributed by atoms with Crippen LogP contribution >= 0.6 is 0 Å². The zero-order valence-electron chi connectivity index (χ0n) is 11.7. The molecule has 0 aliphatic carbocycles. The van der Waals surface area contributed by atoms with Gasteiger partial charge >= 0.3 is 0 Å². The summed E-state index contributed by atoms with van der Waals surface area (Å²) in [6.45, 7) is 3.86. The predicted octanol–water partition coefficient (Wildman–Crippen LogP) is 0.272. The fraction of sp³-hybridized carbons (Fsp3) is 0.571. The lowest BCUT2D eigenvalue weighted by atomic mass is 10.3. The molecule has 0 aromatic heterocycles. The van der Waals surface area contributed by atoms with Gasteiger partial charge in [-0.05, 0) is 24.3 Å². The maximum Gasteiger partial charge on any atom is 0.119 e. The van der Waals surface area contributed by atoms with Gasteiger partial charge in [-0.1, -0.05) is 0 Å². The number of aliphatic hydroxyl groups excluding tert-OH is 1. The largest absolute Gasteiger partial charge is 0.497 e. The number of hydrogen-bond donors (Lipinski definition) is 2. The van der Waals surface area contributed by atoms with E-state index in [4.69, 9.17) is 14.2 Å². The first kappa shape index (κ1) is 15.1. The van der Waals surface area contributed by atoms with Crippen molar-refractivity contribution in [3.05, 3.63) is 24.3 Å². The molecule has 6 heteroatoms. The van der Waals surface area contributed by atoms with Gasteiger partial charge in [0.15, 0.2) is 0 Å². The smallest absolute Gasteiger partial charge is 0.119 e. The van der Waals surface area contributed by atoms with Crippen molar-refractivity contribution in [2.75, 3.05) is 46.6 Å². The molecule has 2 N–H and O–H groups in total. The Labute approximate surface area is 119 Å². The van der Waals surface area contributed by atoms with Crippen LogP contribution in [-0.4, -0.2) is 62.8 Å². The van der Waals surface area contributed by atoms with Crippen molar-refractivity contribution in [3.63, 3.8) is 0 Å². The van der Waals surface area contributed by atoms with Gasteiger partial charge in [-0.15, -0.1) is 0 Å². The lowest BCUT2D eigenvalue weighted by molar-refractivity contribution is -0.000791. The molecule has 1 heterocycles. The number of nitrogens with one attached hydrogen (secondary N) is 1. The van der Waals surface area contributed by atoms with E-state index in [0.29, 0.717) is 6.54 Å². The van der Waals surface area contributed by atoms with Crippen molar-refractivity contribution in [1.29, 1.82) is 0 Å². The van der Waals surface area contributed by atoms with E-state index < -0.39 is 6.10 Å². The molecule has 1 atom stereocenters. The van der Waals surface area contributed by atoms with E-state index in [-0.39, 0.29) is 6.61 Å². The second kappa shape index (κ2) is 8.06. The first-order chi connectivity index (χ1) is 9.78. The number of morpholine rings is 1. The average molecular weight is 282 g/mol. The summed E-state index contributed by atoms with van der Waals surface area (Å²) in [4.78, 5) is 0. The van der Waals surface area contributed by atoms with Crippen LogP contribution in [0.1, 0.15) is 0 Å².